The fraction of sp³-hybridized carbons (Fsp3) is 0.357. The first-order valence-electron chi connectivity index (χ1n) is 11.5. The van der Waals surface area contributed by atoms with Crippen molar-refractivity contribution in [1.82, 2.24) is 0 Å². The highest BCUT2D eigenvalue weighted by atomic mass is 19.1. The first kappa shape index (κ1) is 21.5. The van der Waals surface area contributed by atoms with Gasteiger partial charge in [0, 0.05) is 23.1 Å². The van der Waals surface area contributed by atoms with Crippen LogP contribution < -0.4 is 4.74 Å². The monoisotopic (exact) mass is 420 g/mol. The van der Waals surface area contributed by atoms with Crippen LogP contribution in [0.15, 0.2) is 48.5 Å². The molecule has 0 amide bonds. The Morgan fingerprint density at radius 3 is 2.06 bits per heavy atom. The lowest BCUT2D eigenvalue weighted by molar-refractivity contribution is 0.293. The maximum absolute atomic E-state index is 15.5. The number of rotatable bonds is 9. The van der Waals surface area contributed by atoms with Gasteiger partial charge in [-0.25, -0.2) is 8.78 Å². The summed E-state index contributed by atoms with van der Waals surface area (Å²) in [4.78, 5) is 0. The third-order valence-corrected chi connectivity index (χ3v) is 6.18. The molecule has 0 aliphatic heterocycles. The molecule has 0 bridgehead atoms. The van der Waals surface area contributed by atoms with Gasteiger partial charge < -0.3 is 4.74 Å². The summed E-state index contributed by atoms with van der Waals surface area (Å²) in [6, 6.07) is 15.4. The Kier molecular flexibility index (Phi) is 6.70. The SMILES string of the molecule is CCCCCc1ccc(-c2ccc3c(c2F)Cc2c-3ccc(OCCCC)c2F)cc1. The van der Waals surface area contributed by atoms with Crippen molar-refractivity contribution in [3.05, 3.63) is 76.9 Å². The highest BCUT2D eigenvalue weighted by molar-refractivity contribution is 5.81. The van der Waals surface area contributed by atoms with E-state index in [4.69, 9.17) is 4.74 Å². The van der Waals surface area contributed by atoms with Crippen LogP contribution >= 0.6 is 0 Å². The van der Waals surface area contributed by atoms with Crippen molar-refractivity contribution in [3.63, 3.8) is 0 Å². The highest BCUT2D eigenvalue weighted by Gasteiger charge is 2.28. The fourth-order valence-corrected chi connectivity index (χ4v) is 4.34. The Hall–Kier alpha value is -2.68. The molecule has 0 heterocycles. The van der Waals surface area contributed by atoms with E-state index in [0.717, 1.165) is 36.0 Å². The summed E-state index contributed by atoms with van der Waals surface area (Å²) in [5.74, 6) is -0.346. The van der Waals surface area contributed by atoms with Gasteiger partial charge in [-0.2, -0.15) is 0 Å². The second-order valence-electron chi connectivity index (χ2n) is 8.39. The third-order valence-electron chi connectivity index (χ3n) is 6.18. The molecule has 0 saturated carbocycles. The van der Waals surface area contributed by atoms with E-state index < -0.39 is 0 Å². The van der Waals surface area contributed by atoms with E-state index >= 15 is 8.78 Å². The number of aryl methyl sites for hydroxylation is 1. The van der Waals surface area contributed by atoms with E-state index in [-0.39, 0.29) is 23.8 Å². The molecule has 3 aromatic carbocycles. The van der Waals surface area contributed by atoms with Gasteiger partial charge in [0.1, 0.15) is 5.82 Å². The van der Waals surface area contributed by atoms with Crippen LogP contribution in [0.3, 0.4) is 0 Å². The number of hydrogen-bond donors (Lipinski definition) is 0. The summed E-state index contributed by atoms with van der Waals surface area (Å²) in [5.41, 5.74) is 5.38. The fourth-order valence-electron chi connectivity index (χ4n) is 4.34. The number of ether oxygens (including phenoxy) is 1. The average Bonchev–Trinajstić information content (AvgIpc) is 3.17. The Bertz CT molecular complexity index is 1050. The van der Waals surface area contributed by atoms with E-state index in [0.29, 0.717) is 23.3 Å². The minimum Gasteiger partial charge on any atom is -0.491 e. The maximum Gasteiger partial charge on any atom is 0.169 e. The Morgan fingerprint density at radius 2 is 1.35 bits per heavy atom. The lowest BCUT2D eigenvalue weighted by atomic mass is 9.96. The van der Waals surface area contributed by atoms with Crippen LogP contribution in [0.25, 0.3) is 22.3 Å². The minimum atomic E-state index is -0.359. The van der Waals surface area contributed by atoms with Crippen LogP contribution in [0.5, 0.6) is 5.75 Å². The second-order valence-corrected chi connectivity index (χ2v) is 8.39. The summed E-state index contributed by atoms with van der Waals surface area (Å²) in [5, 5.41) is 0. The molecule has 1 aliphatic carbocycles. The molecule has 1 nitrogen and oxygen atoms in total. The van der Waals surface area contributed by atoms with Gasteiger partial charge in [0.2, 0.25) is 0 Å². The molecule has 0 fully saturated rings. The molecule has 4 rings (SSSR count). The topological polar surface area (TPSA) is 9.23 Å². The van der Waals surface area contributed by atoms with Crippen molar-refractivity contribution in [1.29, 1.82) is 0 Å². The van der Waals surface area contributed by atoms with Crippen molar-refractivity contribution in [3.8, 4) is 28.0 Å². The third kappa shape index (κ3) is 4.37. The zero-order chi connectivity index (χ0) is 21.8. The van der Waals surface area contributed by atoms with Crippen LogP contribution in [0.1, 0.15) is 62.6 Å². The zero-order valence-corrected chi connectivity index (χ0v) is 18.4. The number of fused-ring (bicyclic) bond motifs is 3. The van der Waals surface area contributed by atoms with Gasteiger partial charge in [-0.05, 0) is 47.6 Å². The number of hydrogen-bond acceptors (Lipinski definition) is 1. The van der Waals surface area contributed by atoms with Crippen molar-refractivity contribution < 1.29 is 13.5 Å². The molecule has 0 unspecified atom stereocenters. The largest absolute Gasteiger partial charge is 0.491 e. The molecule has 31 heavy (non-hydrogen) atoms. The van der Waals surface area contributed by atoms with Gasteiger partial charge in [0.05, 0.1) is 6.61 Å². The second kappa shape index (κ2) is 9.64. The minimum absolute atomic E-state index is 0.250. The van der Waals surface area contributed by atoms with E-state index in [1.54, 1.807) is 6.07 Å². The molecule has 162 valence electrons. The summed E-state index contributed by atoms with van der Waals surface area (Å²) in [6.07, 6.45) is 6.79. The van der Waals surface area contributed by atoms with Crippen LogP contribution in [-0.2, 0) is 12.8 Å². The predicted octanol–water partition coefficient (Wildman–Crippen LogP) is 8.11. The van der Waals surface area contributed by atoms with Gasteiger partial charge >= 0.3 is 0 Å². The average molecular weight is 421 g/mol. The van der Waals surface area contributed by atoms with E-state index in [2.05, 4.69) is 26.0 Å². The van der Waals surface area contributed by atoms with Gasteiger partial charge in [-0.1, -0.05) is 75.6 Å². The lowest BCUT2D eigenvalue weighted by Gasteiger charge is -2.10. The zero-order valence-electron chi connectivity index (χ0n) is 18.4. The summed E-state index contributed by atoms with van der Waals surface area (Å²) in [7, 11) is 0. The highest BCUT2D eigenvalue weighted by Crippen LogP contribution is 2.43. The number of unbranched alkanes of at least 4 members (excludes halogenated alkanes) is 3. The molecule has 1 aliphatic rings. The van der Waals surface area contributed by atoms with Crippen LogP contribution in [0.2, 0.25) is 0 Å². The molecule has 3 heteroatoms. The molecule has 0 saturated heterocycles. The quantitative estimate of drug-likeness (QED) is 0.248. The Balaban J connectivity index is 1.59. The molecule has 0 aromatic heterocycles. The Labute approximate surface area is 184 Å². The molecule has 0 spiro atoms. The van der Waals surface area contributed by atoms with Crippen LogP contribution in [0.4, 0.5) is 8.78 Å². The lowest BCUT2D eigenvalue weighted by Crippen LogP contribution is -2.00. The summed E-state index contributed by atoms with van der Waals surface area (Å²) in [6.45, 7) is 4.76. The maximum atomic E-state index is 15.5. The smallest absolute Gasteiger partial charge is 0.169 e. The predicted molar refractivity (Wildman–Crippen MR) is 124 cm³/mol. The first-order valence-corrected chi connectivity index (χ1v) is 11.5. The number of benzene rings is 3. The normalized spacial score (nSPS) is 12.0. The van der Waals surface area contributed by atoms with Gasteiger partial charge in [0.25, 0.3) is 0 Å². The van der Waals surface area contributed by atoms with E-state index in [1.165, 1.54) is 24.8 Å². The van der Waals surface area contributed by atoms with E-state index in [9.17, 15) is 0 Å². The molecule has 0 atom stereocenters. The standard InChI is InChI=1S/C28H30F2O/c1-3-5-7-8-19-9-11-20(12-10-19)21-13-14-22-23-15-16-26(31-17-6-4-2)28(30)25(23)18-24(22)27(21)29/h9-16H,3-8,17-18H2,1-2H3. The van der Waals surface area contributed by atoms with Gasteiger partial charge in [0.15, 0.2) is 11.6 Å². The van der Waals surface area contributed by atoms with Gasteiger partial charge in [-0.3, -0.25) is 0 Å². The molecule has 3 aromatic rings. The van der Waals surface area contributed by atoms with Crippen molar-refractivity contribution in [2.24, 2.45) is 0 Å². The van der Waals surface area contributed by atoms with Gasteiger partial charge in [-0.15, -0.1) is 0 Å². The van der Waals surface area contributed by atoms with Crippen LogP contribution in [0, 0.1) is 11.6 Å². The number of halogens is 2. The molecular formula is C28H30F2O. The first-order chi connectivity index (χ1) is 15.1. The molecule has 0 radical (unpaired) electrons. The summed E-state index contributed by atoms with van der Waals surface area (Å²) >= 11 is 0. The van der Waals surface area contributed by atoms with Crippen LogP contribution in [-0.4, -0.2) is 6.61 Å². The van der Waals surface area contributed by atoms with E-state index in [1.807, 2.05) is 30.3 Å². The van der Waals surface area contributed by atoms with Crippen molar-refractivity contribution >= 4 is 0 Å². The molecular weight excluding hydrogens is 390 g/mol. The Morgan fingerprint density at radius 1 is 0.710 bits per heavy atom. The van der Waals surface area contributed by atoms with Crippen molar-refractivity contribution in [2.75, 3.05) is 6.61 Å². The summed E-state index contributed by atoms with van der Waals surface area (Å²) < 4.78 is 36.1. The molecule has 0 N–H and O–H groups in total. The van der Waals surface area contributed by atoms with Crippen molar-refractivity contribution in [2.45, 2.75) is 58.8 Å².